The standard InChI is InChI=1S/C53H91O12P/c1-3-5-7-9-11-13-15-17-19-21-23-24-25-26-28-30-32-34-36-38-40-42-47(54)64-46(45-63-66(60,61)65-53-51(58)49(56)48(55)50(57)52(53)59)44-62-43-41-39-37-35-33-31-29-27-22-20-18-16-14-12-10-8-6-4-2/h5,7,11,13,17-20,23-24,26,28,32,34,46,48-53,55-59H,3-4,6,8-10,12,14-16,21-22,25,27,29-31,33,35-45H2,1-2H3,(H,60,61)/b7-5-,13-11-,19-17-,20-18-,24-23-,28-26-,34-32-. The zero-order chi connectivity index (χ0) is 48.4. The van der Waals surface area contributed by atoms with Gasteiger partial charge in [-0.05, 0) is 89.9 Å². The van der Waals surface area contributed by atoms with Crippen molar-refractivity contribution in [2.24, 2.45) is 0 Å². The Morgan fingerprint density at radius 2 is 0.894 bits per heavy atom. The van der Waals surface area contributed by atoms with E-state index in [-0.39, 0.29) is 13.0 Å². The number of esters is 1. The summed E-state index contributed by atoms with van der Waals surface area (Å²) in [4.78, 5) is 23.2. The summed E-state index contributed by atoms with van der Waals surface area (Å²) in [6, 6.07) is 0. The smallest absolute Gasteiger partial charge is 0.457 e. The number of phosphoric ester groups is 1. The molecule has 1 saturated carbocycles. The molecule has 1 fully saturated rings. The van der Waals surface area contributed by atoms with E-state index in [4.69, 9.17) is 18.5 Å². The molecule has 0 aromatic rings. The van der Waals surface area contributed by atoms with E-state index < -0.39 is 63.1 Å². The van der Waals surface area contributed by atoms with Crippen LogP contribution in [0, 0.1) is 0 Å². The molecule has 0 aromatic carbocycles. The Morgan fingerprint density at radius 3 is 1.38 bits per heavy atom. The molecule has 1 rings (SSSR count). The molecule has 6 N–H and O–H groups in total. The summed E-state index contributed by atoms with van der Waals surface area (Å²) in [7, 11) is -5.04. The molecule has 0 radical (unpaired) electrons. The lowest BCUT2D eigenvalue weighted by Gasteiger charge is -2.41. The number of carbonyl (C=O) groups excluding carboxylic acids is 1. The maximum Gasteiger partial charge on any atom is 0.472 e. The van der Waals surface area contributed by atoms with Gasteiger partial charge in [-0.3, -0.25) is 13.8 Å². The van der Waals surface area contributed by atoms with E-state index in [1.165, 1.54) is 70.6 Å². The molecule has 13 heteroatoms. The van der Waals surface area contributed by atoms with Crippen molar-refractivity contribution in [2.45, 2.75) is 224 Å². The zero-order valence-electron chi connectivity index (χ0n) is 40.7. The van der Waals surface area contributed by atoms with Crippen LogP contribution in [0.2, 0.25) is 0 Å². The van der Waals surface area contributed by atoms with Gasteiger partial charge in [0.2, 0.25) is 0 Å². The van der Waals surface area contributed by atoms with Crippen molar-refractivity contribution in [3.8, 4) is 0 Å². The number of ether oxygens (including phenoxy) is 2. The quantitative estimate of drug-likeness (QED) is 0.0147. The van der Waals surface area contributed by atoms with Crippen molar-refractivity contribution in [1.29, 1.82) is 0 Å². The zero-order valence-corrected chi connectivity index (χ0v) is 41.6. The second-order valence-electron chi connectivity index (χ2n) is 17.3. The van der Waals surface area contributed by atoms with Crippen LogP contribution in [0.25, 0.3) is 0 Å². The Kier molecular flexibility index (Phi) is 39.7. The summed E-state index contributed by atoms with van der Waals surface area (Å²) in [5.74, 6) is -0.522. The minimum Gasteiger partial charge on any atom is -0.457 e. The van der Waals surface area contributed by atoms with Gasteiger partial charge in [0.15, 0.2) is 0 Å². The van der Waals surface area contributed by atoms with Gasteiger partial charge in [-0.25, -0.2) is 4.57 Å². The third-order valence-corrected chi connectivity index (χ3v) is 12.2. The van der Waals surface area contributed by atoms with E-state index in [1.54, 1.807) is 0 Å². The minimum absolute atomic E-state index is 0.101. The van der Waals surface area contributed by atoms with Crippen molar-refractivity contribution >= 4 is 13.8 Å². The van der Waals surface area contributed by atoms with Crippen LogP contribution in [0.15, 0.2) is 85.1 Å². The molecule has 1 aliphatic carbocycles. The highest BCUT2D eigenvalue weighted by molar-refractivity contribution is 7.47. The molecule has 0 spiro atoms. The first kappa shape index (κ1) is 61.5. The Bertz CT molecular complexity index is 1410. The van der Waals surface area contributed by atoms with Gasteiger partial charge in [0, 0.05) is 13.0 Å². The van der Waals surface area contributed by atoms with E-state index >= 15 is 0 Å². The molecule has 1 aliphatic rings. The predicted molar refractivity (Wildman–Crippen MR) is 267 cm³/mol. The maximum atomic E-state index is 12.8. The highest BCUT2D eigenvalue weighted by Gasteiger charge is 2.51. The van der Waals surface area contributed by atoms with Gasteiger partial charge in [0.1, 0.15) is 42.7 Å². The van der Waals surface area contributed by atoms with Gasteiger partial charge in [-0.1, -0.05) is 170 Å². The molecular weight excluding hydrogens is 860 g/mol. The van der Waals surface area contributed by atoms with Gasteiger partial charge in [-0.15, -0.1) is 0 Å². The van der Waals surface area contributed by atoms with Gasteiger partial charge in [0.25, 0.3) is 0 Å². The third kappa shape index (κ3) is 33.9. The van der Waals surface area contributed by atoms with Crippen molar-refractivity contribution in [1.82, 2.24) is 0 Å². The van der Waals surface area contributed by atoms with Crippen LogP contribution in [-0.2, 0) is 27.9 Å². The Morgan fingerprint density at radius 1 is 0.500 bits per heavy atom. The molecule has 0 heterocycles. The first-order valence-corrected chi connectivity index (χ1v) is 26.9. The average molecular weight is 951 g/mol. The number of unbranched alkanes of at least 4 members (excludes halogenated alkanes) is 16. The Balaban J connectivity index is 2.40. The molecule has 0 amide bonds. The summed E-state index contributed by atoms with van der Waals surface area (Å²) in [5, 5.41) is 50.3. The largest absolute Gasteiger partial charge is 0.472 e. The van der Waals surface area contributed by atoms with Crippen molar-refractivity contribution < 1.29 is 58.3 Å². The number of allylic oxidation sites excluding steroid dienone is 14. The van der Waals surface area contributed by atoms with Crippen LogP contribution >= 0.6 is 7.82 Å². The highest BCUT2D eigenvalue weighted by Crippen LogP contribution is 2.47. The predicted octanol–water partition coefficient (Wildman–Crippen LogP) is 11.3. The number of hydrogen-bond donors (Lipinski definition) is 6. The van der Waals surface area contributed by atoms with E-state index in [0.29, 0.717) is 13.0 Å². The van der Waals surface area contributed by atoms with Crippen LogP contribution in [-0.4, -0.2) is 98.9 Å². The molecule has 0 aliphatic heterocycles. The van der Waals surface area contributed by atoms with E-state index in [9.17, 15) is 39.8 Å². The lowest BCUT2D eigenvalue weighted by Crippen LogP contribution is -2.64. The molecule has 6 unspecified atom stereocenters. The maximum absolute atomic E-state index is 12.8. The molecule has 12 nitrogen and oxygen atoms in total. The molecule has 0 aromatic heterocycles. The molecule has 380 valence electrons. The molecule has 0 saturated heterocycles. The number of aliphatic hydroxyl groups excluding tert-OH is 5. The Hall–Kier alpha value is -2.48. The van der Waals surface area contributed by atoms with Crippen molar-refractivity contribution in [3.05, 3.63) is 85.1 Å². The Labute approximate surface area is 399 Å². The average Bonchev–Trinajstić information content (AvgIpc) is 3.30. The normalized spacial score (nSPS) is 22.1. The van der Waals surface area contributed by atoms with Gasteiger partial charge in [0.05, 0.1) is 13.2 Å². The number of phosphoric acid groups is 1. The second kappa shape index (κ2) is 42.6. The van der Waals surface area contributed by atoms with Gasteiger partial charge >= 0.3 is 13.8 Å². The highest BCUT2D eigenvalue weighted by atomic mass is 31.2. The number of hydrogen-bond acceptors (Lipinski definition) is 11. The van der Waals surface area contributed by atoms with Gasteiger partial charge in [-0.2, -0.15) is 0 Å². The fraction of sp³-hybridized carbons (Fsp3) is 0.717. The second-order valence-corrected chi connectivity index (χ2v) is 18.7. The molecular formula is C53H91O12P. The fourth-order valence-corrected chi connectivity index (χ4v) is 8.21. The number of carbonyl (C=O) groups is 1. The lowest BCUT2D eigenvalue weighted by molar-refractivity contribution is -0.220. The summed E-state index contributed by atoms with van der Waals surface area (Å²) in [6.07, 6.45) is 45.0. The third-order valence-electron chi connectivity index (χ3n) is 11.3. The van der Waals surface area contributed by atoms with Crippen LogP contribution < -0.4 is 0 Å². The summed E-state index contributed by atoms with van der Waals surface area (Å²) >= 11 is 0. The van der Waals surface area contributed by atoms with E-state index in [2.05, 4.69) is 98.9 Å². The van der Waals surface area contributed by atoms with Crippen molar-refractivity contribution in [2.75, 3.05) is 19.8 Å². The van der Waals surface area contributed by atoms with Crippen LogP contribution in [0.3, 0.4) is 0 Å². The first-order valence-electron chi connectivity index (χ1n) is 25.4. The van der Waals surface area contributed by atoms with Crippen LogP contribution in [0.5, 0.6) is 0 Å². The molecule has 6 atom stereocenters. The monoisotopic (exact) mass is 951 g/mol. The summed E-state index contributed by atoms with van der Waals surface area (Å²) in [5.41, 5.74) is 0. The SMILES string of the molecule is CC/C=C\C/C=C\C/C=C\C/C=C\C/C=C\C/C=C\CCCCC(=O)OC(COCCCCCCCCCC/C=C\CCCCCCCC)COP(=O)(O)OC1C(O)C(O)C(O)C(O)C1O. The van der Waals surface area contributed by atoms with Crippen molar-refractivity contribution in [3.63, 3.8) is 0 Å². The van der Waals surface area contributed by atoms with Crippen LogP contribution in [0.1, 0.15) is 181 Å². The van der Waals surface area contributed by atoms with Gasteiger partial charge < -0.3 is 39.9 Å². The fourth-order valence-electron chi connectivity index (χ4n) is 7.24. The van der Waals surface area contributed by atoms with E-state index in [0.717, 1.165) is 83.5 Å². The molecule has 0 bridgehead atoms. The lowest BCUT2D eigenvalue weighted by atomic mass is 9.85. The number of aliphatic hydroxyl groups is 5. The minimum atomic E-state index is -5.04. The van der Waals surface area contributed by atoms with Crippen LogP contribution in [0.4, 0.5) is 0 Å². The molecule has 66 heavy (non-hydrogen) atoms. The topological polar surface area (TPSA) is 192 Å². The summed E-state index contributed by atoms with van der Waals surface area (Å²) in [6.45, 7) is 4.09. The first-order chi connectivity index (χ1) is 32.0. The summed E-state index contributed by atoms with van der Waals surface area (Å²) < 4.78 is 34.2. The van der Waals surface area contributed by atoms with E-state index in [1.807, 2.05) is 0 Å². The number of rotatable bonds is 42.